The molecule has 0 amide bonds. The van der Waals surface area contributed by atoms with Crippen LogP contribution < -0.4 is 0 Å². The van der Waals surface area contributed by atoms with Gasteiger partial charge in [-0.1, -0.05) is 109 Å². The molecule has 11 rings (SSSR count). The first-order valence-corrected chi connectivity index (χ1v) is 17.5. The fourth-order valence-corrected chi connectivity index (χ4v) is 8.16. The number of thiazole rings is 1. The monoisotopic (exact) mass is 672 g/mol. The van der Waals surface area contributed by atoms with Crippen molar-refractivity contribution in [1.29, 1.82) is 0 Å². The summed E-state index contributed by atoms with van der Waals surface area (Å²) < 4.78 is 13.8. The minimum absolute atomic E-state index is 0.568. The molecule has 0 saturated heterocycles. The predicted molar refractivity (Wildman–Crippen MR) is 207 cm³/mol. The van der Waals surface area contributed by atoms with Gasteiger partial charge in [0.1, 0.15) is 27.3 Å². The summed E-state index contributed by atoms with van der Waals surface area (Å²) in [6.45, 7) is 0. The molecule has 7 aromatic carbocycles. The smallest absolute Gasteiger partial charge is 0.164 e. The van der Waals surface area contributed by atoms with Gasteiger partial charge in [-0.25, -0.2) is 19.9 Å². The number of aromatic nitrogens is 4. The lowest BCUT2D eigenvalue weighted by atomic mass is 10.0. The number of rotatable bonds is 4. The molecule has 0 atom stereocenters. The molecule has 0 bridgehead atoms. The average Bonchev–Trinajstić information content (AvgIpc) is 3.89. The molecule has 0 aliphatic heterocycles. The van der Waals surface area contributed by atoms with Crippen LogP contribution in [0.15, 0.2) is 154 Å². The van der Waals surface area contributed by atoms with Gasteiger partial charge in [0.15, 0.2) is 17.5 Å². The van der Waals surface area contributed by atoms with Gasteiger partial charge in [-0.05, 0) is 41.1 Å². The van der Waals surface area contributed by atoms with Crippen molar-refractivity contribution < 1.29 is 8.83 Å². The van der Waals surface area contributed by atoms with E-state index in [4.69, 9.17) is 28.8 Å². The number of nitrogens with zero attached hydrogens (tertiary/aromatic N) is 4. The maximum Gasteiger partial charge on any atom is 0.164 e. The molecular formula is C44H24N4O2S. The van der Waals surface area contributed by atoms with Crippen LogP contribution in [-0.4, -0.2) is 19.9 Å². The highest BCUT2D eigenvalue weighted by Gasteiger charge is 2.21. The van der Waals surface area contributed by atoms with Crippen molar-refractivity contribution in [2.24, 2.45) is 0 Å². The standard InChI is InChI=1S/C44H24N4O2S/c1-2-11-26(12-3-1)41-46-42(30-15-8-18-35-39(30)29-14-6-7-17-34(29)49-35)48-43(47-41)31-16-9-19-36-40(31)32-23-38-33(24-37(32)50-36)45-44(51-38)28-21-20-25-10-4-5-13-27(25)22-28/h1-24H. The molecule has 0 aliphatic carbocycles. The molecule has 0 saturated carbocycles. The van der Waals surface area contributed by atoms with Gasteiger partial charge in [0.25, 0.3) is 0 Å². The Morgan fingerprint density at radius 2 is 1.06 bits per heavy atom. The highest BCUT2D eigenvalue weighted by molar-refractivity contribution is 7.21. The summed E-state index contributed by atoms with van der Waals surface area (Å²) in [5.41, 5.74) is 7.82. The molecule has 0 unspecified atom stereocenters. The highest BCUT2D eigenvalue weighted by Crippen LogP contribution is 2.42. The number of hydrogen-bond acceptors (Lipinski definition) is 7. The zero-order valence-corrected chi connectivity index (χ0v) is 27.7. The van der Waals surface area contributed by atoms with E-state index in [0.29, 0.717) is 17.5 Å². The molecule has 4 aromatic heterocycles. The zero-order chi connectivity index (χ0) is 33.5. The van der Waals surface area contributed by atoms with Gasteiger partial charge in [-0.15, -0.1) is 11.3 Å². The lowest BCUT2D eigenvalue weighted by Crippen LogP contribution is -2.00. The minimum atomic E-state index is 0.568. The second kappa shape index (κ2) is 10.9. The quantitative estimate of drug-likeness (QED) is 0.185. The molecule has 6 nitrogen and oxygen atoms in total. The average molecular weight is 673 g/mol. The van der Waals surface area contributed by atoms with Crippen LogP contribution in [0.5, 0.6) is 0 Å². The van der Waals surface area contributed by atoms with Crippen LogP contribution in [-0.2, 0) is 0 Å². The van der Waals surface area contributed by atoms with Crippen molar-refractivity contribution in [1.82, 2.24) is 19.9 Å². The molecule has 0 radical (unpaired) electrons. The Balaban J connectivity index is 1.13. The Bertz CT molecular complexity index is 3160. The molecular weight excluding hydrogens is 649 g/mol. The van der Waals surface area contributed by atoms with E-state index in [1.54, 1.807) is 11.3 Å². The van der Waals surface area contributed by atoms with Crippen molar-refractivity contribution in [3.8, 4) is 44.7 Å². The molecule has 51 heavy (non-hydrogen) atoms. The summed E-state index contributed by atoms with van der Waals surface area (Å²) in [7, 11) is 0. The van der Waals surface area contributed by atoms with Crippen LogP contribution in [0.1, 0.15) is 0 Å². The van der Waals surface area contributed by atoms with Crippen LogP contribution in [0.4, 0.5) is 0 Å². The summed E-state index contributed by atoms with van der Waals surface area (Å²) in [4.78, 5) is 20.4. The molecule has 0 fully saturated rings. The maximum atomic E-state index is 6.50. The molecule has 0 spiro atoms. The van der Waals surface area contributed by atoms with E-state index in [0.717, 1.165) is 81.4 Å². The Hall–Kier alpha value is -6.70. The van der Waals surface area contributed by atoms with Crippen LogP contribution >= 0.6 is 11.3 Å². The van der Waals surface area contributed by atoms with Gasteiger partial charge in [-0.2, -0.15) is 0 Å². The molecule has 0 N–H and O–H groups in total. The van der Waals surface area contributed by atoms with Crippen LogP contribution in [0.25, 0.3) is 110 Å². The number of hydrogen-bond donors (Lipinski definition) is 0. The van der Waals surface area contributed by atoms with E-state index >= 15 is 0 Å². The van der Waals surface area contributed by atoms with E-state index in [9.17, 15) is 0 Å². The lowest BCUT2D eigenvalue weighted by molar-refractivity contribution is 0.669. The largest absolute Gasteiger partial charge is 0.456 e. The van der Waals surface area contributed by atoms with Gasteiger partial charge in [-0.3, -0.25) is 0 Å². The first kappa shape index (κ1) is 28.2. The number of fused-ring (bicyclic) bond motifs is 8. The fourth-order valence-electron chi connectivity index (χ4n) is 7.17. The number of para-hydroxylation sites is 1. The SMILES string of the molecule is c1ccc(-c2nc(-c3cccc4oc5ccccc5c34)nc(-c3cccc4oc5cc6nc(-c7ccc8ccccc8c7)sc6cc5c34)n2)cc1. The normalized spacial score (nSPS) is 11.9. The molecule has 238 valence electrons. The fraction of sp³-hybridized carbons (Fsp3) is 0. The van der Waals surface area contributed by atoms with E-state index in [1.165, 1.54) is 10.8 Å². The van der Waals surface area contributed by atoms with Crippen LogP contribution in [0, 0.1) is 0 Å². The third-order valence-corrected chi connectivity index (χ3v) is 10.6. The highest BCUT2D eigenvalue weighted by atomic mass is 32.1. The first-order valence-electron chi connectivity index (χ1n) is 16.7. The summed E-state index contributed by atoms with van der Waals surface area (Å²) in [6, 6.07) is 49.4. The van der Waals surface area contributed by atoms with E-state index in [1.807, 2.05) is 72.8 Å². The minimum Gasteiger partial charge on any atom is -0.456 e. The summed E-state index contributed by atoms with van der Waals surface area (Å²) in [6.07, 6.45) is 0. The van der Waals surface area contributed by atoms with Gasteiger partial charge >= 0.3 is 0 Å². The summed E-state index contributed by atoms with van der Waals surface area (Å²) in [5, 5.41) is 7.33. The summed E-state index contributed by atoms with van der Waals surface area (Å²) >= 11 is 1.69. The van der Waals surface area contributed by atoms with Gasteiger partial charge in [0, 0.05) is 49.9 Å². The third kappa shape index (κ3) is 4.49. The maximum absolute atomic E-state index is 6.50. The number of furan rings is 2. The van der Waals surface area contributed by atoms with Crippen molar-refractivity contribution in [2.45, 2.75) is 0 Å². The molecule has 7 heteroatoms. The lowest BCUT2D eigenvalue weighted by Gasteiger charge is -2.10. The second-order valence-electron chi connectivity index (χ2n) is 12.6. The Morgan fingerprint density at radius 1 is 0.412 bits per heavy atom. The Kier molecular flexibility index (Phi) is 6.02. The zero-order valence-electron chi connectivity index (χ0n) is 26.9. The Morgan fingerprint density at radius 3 is 1.86 bits per heavy atom. The van der Waals surface area contributed by atoms with Crippen molar-refractivity contribution in [3.05, 3.63) is 146 Å². The van der Waals surface area contributed by atoms with Gasteiger partial charge < -0.3 is 8.83 Å². The first-order chi connectivity index (χ1) is 25.2. The predicted octanol–water partition coefficient (Wildman–Crippen LogP) is 12.1. The third-order valence-electron chi connectivity index (χ3n) is 9.55. The number of benzene rings is 7. The van der Waals surface area contributed by atoms with E-state index < -0.39 is 0 Å². The summed E-state index contributed by atoms with van der Waals surface area (Å²) in [5.74, 6) is 1.74. The van der Waals surface area contributed by atoms with Gasteiger partial charge in [0.05, 0.1) is 10.2 Å². The van der Waals surface area contributed by atoms with Gasteiger partial charge in [0.2, 0.25) is 0 Å². The molecule has 4 heterocycles. The van der Waals surface area contributed by atoms with Crippen molar-refractivity contribution in [3.63, 3.8) is 0 Å². The van der Waals surface area contributed by atoms with Crippen molar-refractivity contribution >= 4 is 76.2 Å². The molecule has 0 aliphatic rings. The van der Waals surface area contributed by atoms with Crippen LogP contribution in [0.2, 0.25) is 0 Å². The van der Waals surface area contributed by atoms with Crippen LogP contribution in [0.3, 0.4) is 0 Å². The molecule has 11 aromatic rings. The topological polar surface area (TPSA) is 77.8 Å². The van der Waals surface area contributed by atoms with E-state index in [-0.39, 0.29) is 0 Å². The second-order valence-corrected chi connectivity index (χ2v) is 13.7. The van der Waals surface area contributed by atoms with Crippen molar-refractivity contribution in [2.75, 3.05) is 0 Å². The van der Waals surface area contributed by atoms with E-state index in [2.05, 4.69) is 72.8 Å². The Labute approximate surface area is 294 Å².